The number of anilines is 1. The first-order chi connectivity index (χ1) is 9.12. The van der Waals surface area contributed by atoms with Crippen LogP contribution >= 0.6 is 0 Å². The fourth-order valence-corrected chi connectivity index (χ4v) is 1.66. The summed E-state index contributed by atoms with van der Waals surface area (Å²) < 4.78 is 0. The molecule has 0 aliphatic rings. The van der Waals surface area contributed by atoms with Crippen LogP contribution in [0.4, 0.5) is 5.95 Å². The van der Waals surface area contributed by atoms with Gasteiger partial charge in [0.25, 0.3) is 0 Å². The van der Waals surface area contributed by atoms with Crippen molar-refractivity contribution < 1.29 is 4.79 Å². The van der Waals surface area contributed by atoms with Crippen molar-refractivity contribution in [2.24, 2.45) is 0 Å². The molecule has 0 spiro atoms. The van der Waals surface area contributed by atoms with E-state index >= 15 is 0 Å². The highest BCUT2D eigenvalue weighted by atomic mass is 16.2. The van der Waals surface area contributed by atoms with Gasteiger partial charge in [-0.1, -0.05) is 20.8 Å². The number of amides is 1. The third-order valence-corrected chi connectivity index (χ3v) is 2.80. The standard InChI is InChI=1S/C13H23N5O/c1-5-8-14-12(19)9(4)15-13-16-10(6-2)11(7-3)17-18-13/h9H,5-8H2,1-4H3,(H,14,19)(H,15,16,18). The zero-order valence-corrected chi connectivity index (χ0v) is 12.2. The summed E-state index contributed by atoms with van der Waals surface area (Å²) >= 11 is 0. The molecule has 6 heteroatoms. The molecule has 1 atom stereocenters. The molecular formula is C13H23N5O. The monoisotopic (exact) mass is 265 g/mol. The van der Waals surface area contributed by atoms with Gasteiger partial charge >= 0.3 is 0 Å². The molecule has 2 N–H and O–H groups in total. The minimum absolute atomic E-state index is 0.0527. The molecule has 1 heterocycles. The van der Waals surface area contributed by atoms with E-state index in [1.54, 1.807) is 6.92 Å². The highest BCUT2D eigenvalue weighted by molar-refractivity contribution is 5.83. The number of rotatable bonds is 7. The summed E-state index contributed by atoms with van der Waals surface area (Å²) in [6.07, 6.45) is 2.54. The van der Waals surface area contributed by atoms with Crippen molar-refractivity contribution in [2.45, 2.75) is 53.0 Å². The molecule has 0 aliphatic heterocycles. The quantitative estimate of drug-likeness (QED) is 0.777. The summed E-state index contributed by atoms with van der Waals surface area (Å²) in [5.74, 6) is 0.358. The highest BCUT2D eigenvalue weighted by Gasteiger charge is 2.14. The van der Waals surface area contributed by atoms with Crippen LogP contribution in [-0.4, -0.2) is 33.7 Å². The number of aromatic nitrogens is 3. The number of aryl methyl sites for hydroxylation is 2. The first kappa shape index (κ1) is 15.3. The molecular weight excluding hydrogens is 242 g/mol. The van der Waals surface area contributed by atoms with Crippen LogP contribution in [0.15, 0.2) is 0 Å². The van der Waals surface area contributed by atoms with Crippen LogP contribution in [0, 0.1) is 0 Å². The lowest BCUT2D eigenvalue weighted by Crippen LogP contribution is -2.38. The smallest absolute Gasteiger partial charge is 0.243 e. The zero-order chi connectivity index (χ0) is 14.3. The van der Waals surface area contributed by atoms with Crippen molar-refractivity contribution in [3.8, 4) is 0 Å². The van der Waals surface area contributed by atoms with E-state index in [-0.39, 0.29) is 11.9 Å². The van der Waals surface area contributed by atoms with Crippen molar-refractivity contribution in [3.63, 3.8) is 0 Å². The first-order valence-corrected chi connectivity index (χ1v) is 6.89. The van der Waals surface area contributed by atoms with Crippen LogP contribution in [0.25, 0.3) is 0 Å². The van der Waals surface area contributed by atoms with Gasteiger partial charge in [-0.05, 0) is 26.2 Å². The predicted molar refractivity (Wildman–Crippen MR) is 75.0 cm³/mol. The second-order valence-corrected chi connectivity index (χ2v) is 4.39. The number of hydrogen-bond acceptors (Lipinski definition) is 5. The van der Waals surface area contributed by atoms with Gasteiger partial charge in [0, 0.05) is 6.54 Å². The molecule has 6 nitrogen and oxygen atoms in total. The van der Waals surface area contributed by atoms with Crippen molar-refractivity contribution >= 4 is 11.9 Å². The van der Waals surface area contributed by atoms with Gasteiger partial charge in [-0.3, -0.25) is 4.79 Å². The molecule has 0 saturated heterocycles. The Kier molecular flexibility index (Phi) is 6.18. The Morgan fingerprint density at radius 1 is 1.16 bits per heavy atom. The van der Waals surface area contributed by atoms with E-state index < -0.39 is 0 Å². The first-order valence-electron chi connectivity index (χ1n) is 6.89. The minimum atomic E-state index is -0.370. The molecule has 0 saturated carbocycles. The molecule has 19 heavy (non-hydrogen) atoms. The zero-order valence-electron chi connectivity index (χ0n) is 12.2. The average molecular weight is 265 g/mol. The van der Waals surface area contributed by atoms with E-state index in [2.05, 4.69) is 25.8 Å². The van der Waals surface area contributed by atoms with Crippen molar-refractivity contribution in [1.29, 1.82) is 0 Å². The van der Waals surface area contributed by atoms with Crippen LogP contribution in [-0.2, 0) is 17.6 Å². The SMILES string of the molecule is CCCNC(=O)C(C)Nc1nnc(CC)c(CC)n1. The Hall–Kier alpha value is -1.72. The highest BCUT2D eigenvalue weighted by Crippen LogP contribution is 2.07. The van der Waals surface area contributed by atoms with Gasteiger partial charge in [0.2, 0.25) is 11.9 Å². The number of nitrogens with one attached hydrogen (secondary N) is 2. The van der Waals surface area contributed by atoms with E-state index in [1.807, 2.05) is 20.8 Å². The van der Waals surface area contributed by atoms with Crippen molar-refractivity contribution in [1.82, 2.24) is 20.5 Å². The Balaban J connectivity index is 2.68. The van der Waals surface area contributed by atoms with Gasteiger partial charge in [0.15, 0.2) is 0 Å². The molecule has 1 unspecified atom stereocenters. The van der Waals surface area contributed by atoms with Gasteiger partial charge in [-0.2, -0.15) is 5.10 Å². The topological polar surface area (TPSA) is 79.8 Å². The van der Waals surface area contributed by atoms with Gasteiger partial charge in [0.1, 0.15) is 6.04 Å². The number of carbonyl (C=O) groups excluding carboxylic acids is 1. The molecule has 1 rings (SSSR count). The van der Waals surface area contributed by atoms with E-state index in [9.17, 15) is 4.79 Å². The Morgan fingerprint density at radius 3 is 2.42 bits per heavy atom. The second kappa shape index (κ2) is 7.66. The van der Waals surface area contributed by atoms with E-state index in [0.29, 0.717) is 12.5 Å². The van der Waals surface area contributed by atoms with E-state index in [0.717, 1.165) is 30.7 Å². The largest absolute Gasteiger partial charge is 0.354 e. The number of carbonyl (C=O) groups is 1. The molecule has 0 radical (unpaired) electrons. The van der Waals surface area contributed by atoms with E-state index in [1.165, 1.54) is 0 Å². The molecule has 0 aromatic carbocycles. The van der Waals surface area contributed by atoms with Crippen molar-refractivity contribution in [3.05, 3.63) is 11.4 Å². The van der Waals surface area contributed by atoms with Gasteiger partial charge < -0.3 is 10.6 Å². The molecule has 0 fully saturated rings. The molecule has 1 aromatic rings. The maximum absolute atomic E-state index is 11.7. The lowest BCUT2D eigenvalue weighted by Gasteiger charge is -2.14. The van der Waals surface area contributed by atoms with Crippen LogP contribution in [0.5, 0.6) is 0 Å². The summed E-state index contributed by atoms with van der Waals surface area (Å²) in [5.41, 5.74) is 1.84. The van der Waals surface area contributed by atoms with E-state index in [4.69, 9.17) is 0 Å². The summed E-state index contributed by atoms with van der Waals surface area (Å²) in [6, 6.07) is -0.370. The lowest BCUT2D eigenvalue weighted by atomic mass is 10.2. The van der Waals surface area contributed by atoms with Crippen LogP contribution in [0.3, 0.4) is 0 Å². The van der Waals surface area contributed by atoms with Gasteiger partial charge in [-0.25, -0.2) is 4.98 Å². The third kappa shape index (κ3) is 4.46. The Bertz CT molecular complexity index is 421. The fourth-order valence-electron chi connectivity index (χ4n) is 1.66. The maximum atomic E-state index is 11.7. The van der Waals surface area contributed by atoms with Crippen molar-refractivity contribution in [2.75, 3.05) is 11.9 Å². The number of hydrogen-bond donors (Lipinski definition) is 2. The van der Waals surface area contributed by atoms with Gasteiger partial charge in [-0.15, -0.1) is 5.10 Å². The fraction of sp³-hybridized carbons (Fsp3) is 0.692. The summed E-state index contributed by atoms with van der Waals surface area (Å²) in [5, 5.41) is 14.0. The van der Waals surface area contributed by atoms with Gasteiger partial charge in [0.05, 0.1) is 11.4 Å². The molecule has 1 aromatic heterocycles. The molecule has 0 bridgehead atoms. The lowest BCUT2D eigenvalue weighted by molar-refractivity contribution is -0.121. The van der Waals surface area contributed by atoms with Crippen LogP contribution in [0.1, 0.15) is 45.5 Å². The molecule has 1 amide bonds. The third-order valence-electron chi connectivity index (χ3n) is 2.80. The Morgan fingerprint density at radius 2 is 1.84 bits per heavy atom. The maximum Gasteiger partial charge on any atom is 0.243 e. The number of nitrogens with zero attached hydrogens (tertiary/aromatic N) is 3. The summed E-state index contributed by atoms with van der Waals surface area (Å²) in [6.45, 7) is 8.54. The second-order valence-electron chi connectivity index (χ2n) is 4.39. The molecule has 0 aliphatic carbocycles. The molecule has 106 valence electrons. The van der Waals surface area contributed by atoms with Crippen LogP contribution < -0.4 is 10.6 Å². The minimum Gasteiger partial charge on any atom is -0.354 e. The summed E-state index contributed by atoms with van der Waals surface area (Å²) in [4.78, 5) is 16.1. The summed E-state index contributed by atoms with van der Waals surface area (Å²) in [7, 11) is 0. The Labute approximate surface area is 114 Å². The normalized spacial score (nSPS) is 12.0. The average Bonchev–Trinajstić information content (AvgIpc) is 2.44. The van der Waals surface area contributed by atoms with Crippen LogP contribution in [0.2, 0.25) is 0 Å². The predicted octanol–water partition coefficient (Wildman–Crippen LogP) is 1.32.